The Hall–Kier alpha value is -0.303. The molecule has 1 heteroatoms. The van der Waals surface area contributed by atoms with Crippen LogP contribution in [0.3, 0.4) is 0 Å². The second kappa shape index (κ2) is 3.67. The van der Waals surface area contributed by atoms with Crippen LogP contribution in [-0.4, -0.2) is 8.07 Å². The number of allylic oxidation sites excluding steroid dienone is 3. The Labute approximate surface area is 62.1 Å². The van der Waals surface area contributed by atoms with Crippen LogP contribution in [0.2, 0.25) is 19.6 Å². The Morgan fingerprint density at radius 1 is 1.33 bits per heavy atom. The van der Waals surface area contributed by atoms with Gasteiger partial charge in [0.2, 0.25) is 0 Å². The summed E-state index contributed by atoms with van der Waals surface area (Å²) in [5.41, 5.74) is 0.524. The van der Waals surface area contributed by atoms with E-state index in [1.807, 2.05) is 6.92 Å². The molecular weight excluding hydrogens is 124 g/mol. The molecule has 0 nitrogen and oxygen atoms in total. The predicted molar refractivity (Wildman–Crippen MR) is 47.3 cm³/mol. The van der Waals surface area contributed by atoms with Crippen molar-refractivity contribution in [3.8, 4) is 0 Å². The average molecular weight is 142 g/mol. The monoisotopic (exact) mass is 142 g/mol. The minimum Gasteiger partial charge on any atom is -0.0950 e. The molecule has 0 unspecified atom stereocenters. The van der Waals surface area contributed by atoms with Crippen molar-refractivity contribution in [2.75, 3.05) is 0 Å². The van der Waals surface area contributed by atoms with Crippen LogP contribution in [0.25, 0.3) is 0 Å². The van der Waals surface area contributed by atoms with E-state index in [-0.39, 0.29) is 0 Å². The maximum Gasteiger partial charge on any atom is 0.0686 e. The van der Waals surface area contributed by atoms with Crippen LogP contribution in [0.15, 0.2) is 23.9 Å². The van der Waals surface area contributed by atoms with Crippen LogP contribution in [0.5, 0.6) is 0 Å². The topological polar surface area (TPSA) is 0 Å². The maximum atomic E-state index is 7.64. The van der Waals surface area contributed by atoms with Crippen molar-refractivity contribution in [2.45, 2.75) is 26.6 Å². The first-order valence-electron chi connectivity index (χ1n) is 4.20. The first-order chi connectivity index (χ1) is 4.89. The molecule has 0 rings (SSSR count). The first-order valence-corrected chi connectivity index (χ1v) is 6.70. The third kappa shape index (κ3) is 7.70. The van der Waals surface area contributed by atoms with Crippen molar-refractivity contribution in [3.05, 3.63) is 23.9 Å². The van der Waals surface area contributed by atoms with Gasteiger partial charge in [-0.25, -0.2) is 0 Å². The molecule has 0 aromatic heterocycles. The molecule has 0 heterocycles. The number of hydrogen-bond donors (Lipinski definition) is 0. The summed E-state index contributed by atoms with van der Waals surface area (Å²) in [6, 6.07) is 0.367. The molecule has 0 aromatic rings. The summed E-state index contributed by atoms with van der Waals surface area (Å²) in [6.07, 6.45) is 3.48. The lowest BCUT2D eigenvalue weighted by Gasteiger charge is -2.06. The van der Waals surface area contributed by atoms with Gasteiger partial charge in [0.25, 0.3) is 0 Å². The van der Waals surface area contributed by atoms with E-state index in [1.54, 1.807) is 12.2 Å². The third-order valence-electron chi connectivity index (χ3n) is 0.697. The van der Waals surface area contributed by atoms with E-state index >= 15 is 0 Å². The summed E-state index contributed by atoms with van der Waals surface area (Å²) in [7, 11) is -1.55. The zero-order valence-electron chi connectivity index (χ0n) is 8.65. The van der Waals surface area contributed by atoms with Gasteiger partial charge >= 0.3 is 0 Å². The molecule has 9 heavy (non-hydrogen) atoms. The molecule has 0 aliphatic carbocycles. The summed E-state index contributed by atoms with van der Waals surface area (Å²) < 4.78 is 15.1. The fraction of sp³-hybridized carbons (Fsp3) is 0.500. The van der Waals surface area contributed by atoms with E-state index in [9.17, 15) is 0 Å². The molecule has 0 fully saturated rings. The highest BCUT2D eigenvalue weighted by atomic mass is 28.3. The van der Waals surface area contributed by atoms with Crippen LogP contribution < -0.4 is 0 Å². The highest BCUT2D eigenvalue weighted by molar-refractivity contribution is 6.80. The fourth-order valence-electron chi connectivity index (χ4n) is 0.342. The van der Waals surface area contributed by atoms with Crippen LogP contribution in [0.4, 0.5) is 0 Å². The largest absolute Gasteiger partial charge is 0.0950 e. The second-order valence-electron chi connectivity index (χ2n) is 3.02. The van der Waals surface area contributed by atoms with Crippen molar-refractivity contribution >= 4 is 8.07 Å². The van der Waals surface area contributed by atoms with Gasteiger partial charge in [0.05, 0.1) is 10.8 Å². The fourth-order valence-corrected chi connectivity index (χ4v) is 0.858. The minimum absolute atomic E-state index is 0.367. The molecule has 0 amide bonds. The van der Waals surface area contributed by atoms with Gasteiger partial charge in [-0.1, -0.05) is 43.5 Å². The molecular formula is C8H16Si. The van der Waals surface area contributed by atoms with Gasteiger partial charge in [-0.05, 0) is 6.92 Å². The molecule has 0 atom stereocenters. The Kier molecular flexibility index (Phi) is 2.24. The van der Waals surface area contributed by atoms with E-state index < -0.39 is 8.07 Å². The zero-order chi connectivity index (χ0) is 9.07. The molecule has 0 aromatic carbocycles. The van der Waals surface area contributed by atoms with Crippen LogP contribution in [-0.2, 0) is 0 Å². The molecule has 0 N–H and O–H groups in total. The summed E-state index contributed by atoms with van der Waals surface area (Å²) in [5, 5.41) is 0. The van der Waals surface area contributed by atoms with Crippen molar-refractivity contribution in [3.63, 3.8) is 0 Å². The lowest BCUT2D eigenvalue weighted by Crippen LogP contribution is -2.14. The molecule has 0 spiro atoms. The Bertz CT molecular complexity index is 187. The number of hydrogen-bond acceptors (Lipinski definition) is 0. The van der Waals surface area contributed by atoms with Crippen LogP contribution in [0, 0.1) is 0 Å². The lowest BCUT2D eigenvalue weighted by molar-refractivity contribution is 1.71. The molecule has 0 saturated carbocycles. The molecule has 0 bridgehead atoms. The highest BCUT2D eigenvalue weighted by Gasteiger charge is 2.04. The predicted octanol–water partition coefficient (Wildman–Crippen LogP) is 3.00. The van der Waals surface area contributed by atoms with Gasteiger partial charge < -0.3 is 0 Å². The molecule has 0 aliphatic rings. The molecule has 0 radical (unpaired) electrons. The normalized spacial score (nSPS) is 19.1. The standard InChI is InChI=1S/C8H16Si/c1-5-6-7-8-9(2,3)4/h5-8H,1-4H3/b6-5+,8-7-/i7D,8D. The average Bonchev–Trinajstić information content (AvgIpc) is 1.85. The van der Waals surface area contributed by atoms with E-state index in [1.165, 1.54) is 0 Å². The van der Waals surface area contributed by atoms with Crippen LogP contribution in [0.1, 0.15) is 9.67 Å². The van der Waals surface area contributed by atoms with Gasteiger partial charge in [0, 0.05) is 0 Å². The Balaban J connectivity index is 4.67. The van der Waals surface area contributed by atoms with Crippen molar-refractivity contribution < 1.29 is 2.74 Å². The second-order valence-corrected chi connectivity index (χ2v) is 7.77. The lowest BCUT2D eigenvalue weighted by atomic mass is 10.5. The van der Waals surface area contributed by atoms with Crippen LogP contribution >= 0.6 is 0 Å². The number of rotatable bonds is 2. The van der Waals surface area contributed by atoms with E-state index in [0.29, 0.717) is 11.7 Å². The minimum atomic E-state index is -1.55. The van der Waals surface area contributed by atoms with E-state index in [4.69, 9.17) is 2.74 Å². The van der Waals surface area contributed by atoms with Crippen molar-refractivity contribution in [2.24, 2.45) is 0 Å². The molecule has 0 saturated heterocycles. The quantitative estimate of drug-likeness (QED) is 0.411. The van der Waals surface area contributed by atoms with Gasteiger partial charge in [0.15, 0.2) is 0 Å². The summed E-state index contributed by atoms with van der Waals surface area (Å²) in [5.74, 6) is 0. The van der Waals surface area contributed by atoms with E-state index in [0.717, 1.165) is 0 Å². The van der Waals surface area contributed by atoms with Gasteiger partial charge in [-0.15, -0.1) is 0 Å². The van der Waals surface area contributed by atoms with Gasteiger partial charge in [0.1, 0.15) is 0 Å². The summed E-state index contributed by atoms with van der Waals surface area (Å²) in [4.78, 5) is 0. The SMILES string of the molecule is [2H]C(/C=C/C)=C(\[2H])[Si](C)(C)C. The van der Waals surface area contributed by atoms with E-state index in [2.05, 4.69) is 19.6 Å². The Morgan fingerprint density at radius 2 is 1.89 bits per heavy atom. The first kappa shape index (κ1) is 5.48. The van der Waals surface area contributed by atoms with Crippen molar-refractivity contribution in [1.29, 1.82) is 0 Å². The smallest absolute Gasteiger partial charge is 0.0686 e. The summed E-state index contributed by atoms with van der Waals surface area (Å²) >= 11 is 0. The zero-order valence-corrected chi connectivity index (χ0v) is 7.65. The third-order valence-corrected chi connectivity index (χ3v) is 1.59. The van der Waals surface area contributed by atoms with Crippen molar-refractivity contribution in [1.82, 2.24) is 0 Å². The molecule has 0 aliphatic heterocycles. The Morgan fingerprint density at radius 3 is 2.22 bits per heavy atom. The summed E-state index contributed by atoms with van der Waals surface area (Å²) in [6.45, 7) is 8.10. The molecule has 52 valence electrons. The van der Waals surface area contributed by atoms with Gasteiger partial charge in [-0.2, -0.15) is 0 Å². The maximum absolute atomic E-state index is 7.64. The highest BCUT2D eigenvalue weighted by Crippen LogP contribution is 2.01. The van der Waals surface area contributed by atoms with Gasteiger partial charge in [-0.3, -0.25) is 0 Å².